The quantitative estimate of drug-likeness (QED) is 0.430. The third-order valence-corrected chi connectivity index (χ3v) is 5.98. The van der Waals surface area contributed by atoms with Crippen molar-refractivity contribution in [3.63, 3.8) is 0 Å². The van der Waals surface area contributed by atoms with Gasteiger partial charge in [-0.15, -0.1) is 0 Å². The molecule has 3 unspecified atom stereocenters. The van der Waals surface area contributed by atoms with Crippen LogP contribution < -0.4 is 9.59 Å². The van der Waals surface area contributed by atoms with E-state index in [1.54, 1.807) is 0 Å². The van der Waals surface area contributed by atoms with Gasteiger partial charge in [0.05, 0.1) is 17.0 Å². The molecule has 32 heavy (non-hydrogen) atoms. The summed E-state index contributed by atoms with van der Waals surface area (Å²) in [7, 11) is 0. The van der Waals surface area contributed by atoms with Gasteiger partial charge in [0.1, 0.15) is 17.6 Å². The topological polar surface area (TPSA) is 121 Å². The molecule has 0 aliphatic carbocycles. The molecule has 8 nitrogen and oxygen atoms in total. The second-order valence-electron chi connectivity index (χ2n) is 8.23. The Bertz CT molecular complexity index is 1050. The molecule has 0 saturated carbocycles. The molecule has 0 radical (unpaired) electrons. The van der Waals surface area contributed by atoms with Gasteiger partial charge in [-0.2, -0.15) is 13.2 Å². The molecule has 1 heterocycles. The van der Waals surface area contributed by atoms with Crippen molar-refractivity contribution in [2.24, 2.45) is 5.41 Å². The van der Waals surface area contributed by atoms with Crippen LogP contribution in [0.25, 0.3) is 0 Å². The number of aliphatic carboxylic acids is 1. The van der Waals surface area contributed by atoms with E-state index < -0.39 is 44.5 Å². The minimum absolute atomic E-state index is 0.00599. The highest BCUT2D eigenvalue weighted by Gasteiger charge is 2.53. The zero-order chi connectivity index (χ0) is 23.9. The van der Waals surface area contributed by atoms with Crippen LogP contribution in [0.3, 0.4) is 0 Å². The highest BCUT2D eigenvalue weighted by molar-refractivity contribution is 5.83. The Hall–Kier alpha value is -3.47. The van der Waals surface area contributed by atoms with Crippen LogP contribution in [0.15, 0.2) is 48.5 Å². The van der Waals surface area contributed by atoms with Crippen molar-refractivity contribution in [3.05, 3.63) is 69.8 Å². The summed E-state index contributed by atoms with van der Waals surface area (Å²) in [5, 5.41) is 33.1. The fourth-order valence-electron chi connectivity index (χ4n) is 4.33. The van der Waals surface area contributed by atoms with Crippen molar-refractivity contribution >= 4 is 23.4 Å². The van der Waals surface area contributed by atoms with Crippen LogP contribution >= 0.6 is 0 Å². The van der Waals surface area contributed by atoms with Gasteiger partial charge in [0, 0.05) is 30.2 Å². The van der Waals surface area contributed by atoms with Gasteiger partial charge in [-0.25, -0.2) is 4.48 Å². The van der Waals surface area contributed by atoms with Crippen LogP contribution in [0.4, 0.5) is 29.3 Å². The predicted octanol–water partition coefficient (Wildman–Crippen LogP) is 3.54. The lowest BCUT2D eigenvalue weighted by Gasteiger charge is -2.49. The monoisotopic (exact) mass is 452 g/mol. The molecule has 3 atom stereocenters. The number of quaternary nitrogens is 1. The maximum Gasteiger partial charge on any atom is 0.416 e. The number of likely N-dealkylation sites (tertiary alicyclic amines) is 1. The molecule has 11 heteroatoms. The lowest BCUT2D eigenvalue weighted by molar-refractivity contribution is -0.384. The number of nitrogens with zero attached hydrogens (tertiary/aromatic N) is 2. The van der Waals surface area contributed by atoms with Crippen molar-refractivity contribution in [1.82, 2.24) is 4.48 Å². The second-order valence-corrected chi connectivity index (χ2v) is 8.23. The zero-order valence-corrected chi connectivity index (χ0v) is 16.8. The van der Waals surface area contributed by atoms with E-state index in [1.165, 1.54) is 31.2 Å². The summed E-state index contributed by atoms with van der Waals surface area (Å²) >= 11 is 0. The van der Waals surface area contributed by atoms with Crippen molar-refractivity contribution < 1.29 is 37.9 Å². The number of hydrogen-bond acceptors (Lipinski definition) is 5. The first-order valence-corrected chi connectivity index (χ1v) is 9.53. The van der Waals surface area contributed by atoms with Gasteiger partial charge in [0.2, 0.25) is 0 Å². The maximum absolute atomic E-state index is 12.9. The average molecular weight is 452 g/mol. The highest BCUT2D eigenvalue weighted by atomic mass is 19.4. The van der Waals surface area contributed by atoms with Gasteiger partial charge < -0.3 is 15.0 Å². The van der Waals surface area contributed by atoms with Gasteiger partial charge in [0.15, 0.2) is 0 Å². The van der Waals surface area contributed by atoms with Crippen molar-refractivity contribution in [2.45, 2.75) is 25.4 Å². The number of nitro groups is 1. The summed E-state index contributed by atoms with van der Waals surface area (Å²) < 4.78 is 37.8. The third-order valence-electron chi connectivity index (χ3n) is 5.98. The first-order valence-electron chi connectivity index (χ1n) is 9.53. The van der Waals surface area contributed by atoms with Gasteiger partial charge in [-0.3, -0.25) is 14.9 Å². The number of hydrogen-bond donors (Lipinski definition) is 1. The van der Waals surface area contributed by atoms with E-state index in [-0.39, 0.29) is 30.9 Å². The Morgan fingerprint density at radius 2 is 1.69 bits per heavy atom. The molecule has 0 spiro atoms. The Morgan fingerprint density at radius 3 is 2.12 bits per heavy atom. The molecule has 1 aliphatic heterocycles. The minimum atomic E-state index is -4.55. The largest absolute Gasteiger partial charge is 0.498 e. The van der Waals surface area contributed by atoms with Crippen LogP contribution in [-0.2, 0) is 11.0 Å². The van der Waals surface area contributed by atoms with Crippen molar-refractivity contribution in [1.29, 1.82) is 0 Å². The van der Waals surface area contributed by atoms with E-state index in [0.29, 0.717) is 5.56 Å². The maximum atomic E-state index is 12.9. The van der Waals surface area contributed by atoms with Crippen LogP contribution in [0, 0.1) is 15.5 Å². The Morgan fingerprint density at radius 1 is 1.12 bits per heavy atom. The smallest absolute Gasteiger partial charge is 0.416 e. The fourth-order valence-corrected chi connectivity index (χ4v) is 4.33. The number of halogens is 3. The summed E-state index contributed by atoms with van der Waals surface area (Å²) in [5.74, 6) is -1.99. The van der Waals surface area contributed by atoms with E-state index in [2.05, 4.69) is 0 Å². The van der Waals surface area contributed by atoms with Gasteiger partial charge in [-0.1, -0.05) is 12.1 Å². The molecule has 170 valence electrons. The van der Waals surface area contributed by atoms with Crippen LogP contribution in [0.2, 0.25) is 0 Å². The van der Waals surface area contributed by atoms with Crippen LogP contribution in [-0.4, -0.2) is 35.2 Å². The van der Waals surface area contributed by atoms with E-state index in [1.807, 2.05) is 0 Å². The first kappa shape index (κ1) is 23.2. The molecule has 3 rings (SSSR count). The standard InChI is InChI=1S/C21H19F3N2O6/c1-20(18(27)28)10-14(13-2-4-15(5-3-13)21(22,23)24)11-26(12-20,19(29)30)17-8-6-16(7-9-17)25(31)32/h2-9,14H,10-12H2,1H3,(H-,27,28,29,30). The fraction of sp³-hybridized carbons (Fsp3) is 0.333. The Kier molecular flexibility index (Phi) is 5.73. The molecule has 1 N–H and O–H groups in total. The summed E-state index contributed by atoms with van der Waals surface area (Å²) in [6.45, 7) is 0.793. The molecule has 0 aromatic heterocycles. The van der Waals surface area contributed by atoms with Gasteiger partial charge in [0.25, 0.3) is 11.8 Å². The number of carboxylic acids is 1. The zero-order valence-electron chi connectivity index (χ0n) is 16.8. The SMILES string of the molecule is CC1(C(=O)O)CC(c2ccc(C(F)(F)F)cc2)C[N+](C(=O)[O-])(c2ccc([N+](=O)[O-])cc2)C1. The number of carbonyl (C=O) groups excluding carboxylic acids is 1. The van der Waals surface area contributed by atoms with Crippen LogP contribution in [0.1, 0.15) is 30.4 Å². The lowest BCUT2D eigenvalue weighted by Crippen LogP contribution is -2.68. The van der Waals surface area contributed by atoms with Crippen molar-refractivity contribution in [2.75, 3.05) is 13.1 Å². The summed E-state index contributed by atoms with van der Waals surface area (Å²) in [6, 6.07) is 8.82. The molecule has 2 aromatic carbocycles. The van der Waals surface area contributed by atoms with E-state index in [0.717, 1.165) is 24.3 Å². The number of carboxylic acid groups (broad SMARTS) is 2. The van der Waals surface area contributed by atoms with Gasteiger partial charge >= 0.3 is 12.1 Å². The van der Waals surface area contributed by atoms with E-state index >= 15 is 0 Å². The summed E-state index contributed by atoms with van der Waals surface area (Å²) in [5.41, 5.74) is -2.26. The van der Waals surface area contributed by atoms with Gasteiger partial charge in [-0.05, 0) is 31.0 Å². The number of benzene rings is 2. The molecule has 0 bridgehead atoms. The number of alkyl halides is 3. The number of rotatable bonds is 4. The van der Waals surface area contributed by atoms with Crippen LogP contribution in [0.5, 0.6) is 0 Å². The molecule has 2 aromatic rings. The minimum Gasteiger partial charge on any atom is -0.498 e. The van der Waals surface area contributed by atoms with Crippen molar-refractivity contribution in [3.8, 4) is 0 Å². The Balaban J connectivity index is 2.10. The molecule has 1 amide bonds. The Labute approximate surface area is 180 Å². The first-order chi connectivity index (χ1) is 14.8. The number of carbonyl (C=O) groups is 2. The lowest BCUT2D eigenvalue weighted by atomic mass is 9.73. The molecule has 1 saturated heterocycles. The van der Waals surface area contributed by atoms with E-state index in [9.17, 15) is 43.1 Å². The highest BCUT2D eigenvalue weighted by Crippen LogP contribution is 2.45. The van der Waals surface area contributed by atoms with E-state index in [4.69, 9.17) is 0 Å². The summed E-state index contributed by atoms with van der Waals surface area (Å²) in [6.07, 6.45) is -6.17. The number of piperidine rings is 1. The summed E-state index contributed by atoms with van der Waals surface area (Å²) in [4.78, 5) is 34.7. The molecular formula is C21H19F3N2O6. The number of non-ortho nitro benzene ring substituents is 1. The second kappa shape index (κ2) is 7.90. The third kappa shape index (κ3) is 4.15. The molecule has 1 aliphatic rings. The molecule has 1 fully saturated rings. The normalized spacial score (nSPS) is 25.8. The number of nitro benzene ring substituents is 1. The average Bonchev–Trinajstić information content (AvgIpc) is 2.72. The number of amides is 1. The molecular weight excluding hydrogens is 433 g/mol. The predicted molar refractivity (Wildman–Crippen MR) is 105 cm³/mol.